The Morgan fingerprint density at radius 1 is 1.53 bits per heavy atom. The molecule has 0 amide bonds. The number of hydrogen-bond donors (Lipinski definition) is 3. The first-order valence-electron chi connectivity index (χ1n) is 5.92. The van der Waals surface area contributed by atoms with Crippen molar-refractivity contribution in [1.82, 2.24) is 9.97 Å². The highest BCUT2D eigenvalue weighted by atomic mass is 16.3. The van der Waals surface area contributed by atoms with Crippen molar-refractivity contribution in [3.8, 4) is 0 Å². The van der Waals surface area contributed by atoms with E-state index in [0.29, 0.717) is 12.4 Å². The van der Waals surface area contributed by atoms with E-state index in [1.54, 1.807) is 0 Å². The molecular formula is C11H19N5O. The second-order valence-corrected chi connectivity index (χ2v) is 4.32. The molecule has 0 spiro atoms. The van der Waals surface area contributed by atoms with Crippen molar-refractivity contribution < 1.29 is 5.11 Å². The van der Waals surface area contributed by atoms with Gasteiger partial charge >= 0.3 is 0 Å². The van der Waals surface area contributed by atoms with E-state index >= 15 is 0 Å². The minimum Gasteiger partial charge on any atom is -0.391 e. The Morgan fingerprint density at radius 2 is 2.29 bits per heavy atom. The standard InChI is InChI=1S/C11H19N5O/c1-3-9-13-10(15-12)7(2)11(14-9)16-5-4-8(17)6-16/h8,17H,3-6,12H2,1-2H3,(H,13,14,15). The Hall–Kier alpha value is -1.40. The van der Waals surface area contributed by atoms with Crippen LogP contribution in [0.3, 0.4) is 0 Å². The summed E-state index contributed by atoms with van der Waals surface area (Å²) >= 11 is 0. The molecule has 1 aliphatic heterocycles. The van der Waals surface area contributed by atoms with Gasteiger partial charge in [-0.05, 0) is 13.3 Å². The van der Waals surface area contributed by atoms with Gasteiger partial charge in [-0.2, -0.15) is 0 Å². The molecule has 94 valence electrons. The maximum Gasteiger partial charge on any atom is 0.148 e. The lowest BCUT2D eigenvalue weighted by molar-refractivity contribution is 0.198. The number of hydrogen-bond acceptors (Lipinski definition) is 6. The first-order valence-corrected chi connectivity index (χ1v) is 5.92. The summed E-state index contributed by atoms with van der Waals surface area (Å²) in [5.74, 6) is 7.76. The van der Waals surface area contributed by atoms with Gasteiger partial charge in [0, 0.05) is 25.1 Å². The monoisotopic (exact) mass is 237 g/mol. The van der Waals surface area contributed by atoms with Crippen molar-refractivity contribution in [1.29, 1.82) is 0 Å². The van der Waals surface area contributed by atoms with Crippen molar-refractivity contribution >= 4 is 11.6 Å². The van der Waals surface area contributed by atoms with E-state index in [0.717, 1.165) is 36.6 Å². The molecule has 0 saturated carbocycles. The fraction of sp³-hybridized carbons (Fsp3) is 0.636. The normalized spacial score (nSPS) is 19.8. The van der Waals surface area contributed by atoms with Crippen LogP contribution in [0.25, 0.3) is 0 Å². The van der Waals surface area contributed by atoms with Crippen molar-refractivity contribution in [3.63, 3.8) is 0 Å². The molecule has 6 nitrogen and oxygen atoms in total. The first kappa shape index (κ1) is 12.1. The molecule has 1 aliphatic rings. The van der Waals surface area contributed by atoms with Gasteiger partial charge in [0.25, 0.3) is 0 Å². The number of rotatable bonds is 3. The molecule has 1 unspecified atom stereocenters. The molecule has 1 fully saturated rings. The van der Waals surface area contributed by atoms with E-state index in [1.807, 2.05) is 13.8 Å². The van der Waals surface area contributed by atoms with Gasteiger partial charge in [-0.25, -0.2) is 15.8 Å². The maximum atomic E-state index is 9.58. The van der Waals surface area contributed by atoms with E-state index in [9.17, 15) is 5.11 Å². The average molecular weight is 237 g/mol. The summed E-state index contributed by atoms with van der Waals surface area (Å²) in [4.78, 5) is 10.9. The fourth-order valence-corrected chi connectivity index (χ4v) is 2.09. The maximum absolute atomic E-state index is 9.58. The van der Waals surface area contributed by atoms with Crippen LogP contribution >= 0.6 is 0 Å². The molecule has 1 aromatic rings. The Bertz CT molecular complexity index is 409. The van der Waals surface area contributed by atoms with Crippen LogP contribution in [-0.2, 0) is 6.42 Å². The van der Waals surface area contributed by atoms with Gasteiger partial charge < -0.3 is 15.4 Å². The second kappa shape index (κ2) is 4.85. The Labute approximate surface area is 101 Å². The number of nitrogens with one attached hydrogen (secondary N) is 1. The number of nitrogens with two attached hydrogens (primary N) is 1. The summed E-state index contributed by atoms with van der Waals surface area (Å²) in [6, 6.07) is 0. The molecule has 0 bridgehead atoms. The molecule has 0 aliphatic carbocycles. The predicted molar refractivity (Wildman–Crippen MR) is 66.8 cm³/mol. The number of β-amino-alcohol motifs (C(OH)–C–C–N with tert-alkyl or cyclic N) is 1. The Balaban J connectivity index is 2.37. The van der Waals surface area contributed by atoms with Gasteiger partial charge in [-0.1, -0.05) is 6.92 Å². The summed E-state index contributed by atoms with van der Waals surface area (Å²) in [7, 11) is 0. The van der Waals surface area contributed by atoms with Crippen LogP contribution in [0.4, 0.5) is 11.6 Å². The number of nitrogen functional groups attached to an aromatic ring is 1. The molecule has 1 saturated heterocycles. The smallest absolute Gasteiger partial charge is 0.148 e. The number of aliphatic hydroxyl groups is 1. The average Bonchev–Trinajstić information content (AvgIpc) is 2.76. The molecule has 0 aromatic carbocycles. The van der Waals surface area contributed by atoms with Crippen molar-refractivity contribution in [2.45, 2.75) is 32.8 Å². The van der Waals surface area contributed by atoms with Crippen LogP contribution in [0, 0.1) is 6.92 Å². The zero-order chi connectivity index (χ0) is 12.4. The molecule has 0 radical (unpaired) electrons. The van der Waals surface area contributed by atoms with Crippen LogP contribution in [0.1, 0.15) is 24.7 Å². The SMILES string of the molecule is CCc1nc(NN)c(C)c(N2CCC(O)C2)n1. The number of aromatic nitrogens is 2. The highest BCUT2D eigenvalue weighted by Gasteiger charge is 2.24. The number of anilines is 2. The molecule has 4 N–H and O–H groups in total. The van der Waals surface area contributed by atoms with Crippen LogP contribution in [0.5, 0.6) is 0 Å². The second-order valence-electron chi connectivity index (χ2n) is 4.32. The van der Waals surface area contributed by atoms with Crippen LogP contribution in [-0.4, -0.2) is 34.3 Å². The topological polar surface area (TPSA) is 87.3 Å². The van der Waals surface area contributed by atoms with Gasteiger partial charge in [0.15, 0.2) is 0 Å². The number of hydrazine groups is 1. The van der Waals surface area contributed by atoms with Crippen LogP contribution in [0.15, 0.2) is 0 Å². The van der Waals surface area contributed by atoms with Gasteiger partial charge in [-0.15, -0.1) is 0 Å². The fourth-order valence-electron chi connectivity index (χ4n) is 2.09. The third-order valence-corrected chi connectivity index (χ3v) is 3.08. The quantitative estimate of drug-likeness (QED) is 0.514. The minimum absolute atomic E-state index is 0.260. The van der Waals surface area contributed by atoms with Crippen LogP contribution < -0.4 is 16.2 Å². The van der Waals surface area contributed by atoms with Crippen molar-refractivity contribution in [2.24, 2.45) is 5.84 Å². The molecule has 1 atom stereocenters. The summed E-state index contributed by atoms with van der Waals surface area (Å²) in [5, 5.41) is 9.58. The van der Waals surface area contributed by atoms with E-state index in [-0.39, 0.29) is 6.10 Å². The highest BCUT2D eigenvalue weighted by Crippen LogP contribution is 2.26. The van der Waals surface area contributed by atoms with E-state index < -0.39 is 0 Å². The zero-order valence-corrected chi connectivity index (χ0v) is 10.3. The number of aliphatic hydroxyl groups excluding tert-OH is 1. The molecule has 17 heavy (non-hydrogen) atoms. The van der Waals surface area contributed by atoms with Crippen LogP contribution in [0.2, 0.25) is 0 Å². The summed E-state index contributed by atoms with van der Waals surface area (Å²) in [6.45, 7) is 5.40. The first-order chi connectivity index (χ1) is 8.15. The third kappa shape index (κ3) is 2.32. The summed E-state index contributed by atoms with van der Waals surface area (Å²) in [5.41, 5.74) is 3.53. The number of aryl methyl sites for hydroxylation is 1. The van der Waals surface area contributed by atoms with Gasteiger partial charge in [0.1, 0.15) is 17.5 Å². The van der Waals surface area contributed by atoms with E-state index in [1.165, 1.54) is 0 Å². The lowest BCUT2D eigenvalue weighted by Crippen LogP contribution is -2.25. The van der Waals surface area contributed by atoms with Gasteiger partial charge in [0.05, 0.1) is 6.10 Å². The third-order valence-electron chi connectivity index (χ3n) is 3.08. The molecular weight excluding hydrogens is 218 g/mol. The molecule has 6 heteroatoms. The van der Waals surface area contributed by atoms with Crippen molar-refractivity contribution in [2.75, 3.05) is 23.4 Å². The minimum atomic E-state index is -0.260. The number of nitrogens with zero attached hydrogens (tertiary/aromatic N) is 3. The van der Waals surface area contributed by atoms with E-state index in [4.69, 9.17) is 5.84 Å². The molecule has 2 rings (SSSR count). The lowest BCUT2D eigenvalue weighted by atomic mass is 10.2. The largest absolute Gasteiger partial charge is 0.391 e. The predicted octanol–water partition coefficient (Wildman–Crippen LogP) is 0.204. The Kier molecular flexibility index (Phi) is 3.44. The van der Waals surface area contributed by atoms with E-state index in [2.05, 4.69) is 20.3 Å². The zero-order valence-electron chi connectivity index (χ0n) is 10.3. The summed E-state index contributed by atoms with van der Waals surface area (Å²) < 4.78 is 0. The highest BCUT2D eigenvalue weighted by molar-refractivity contribution is 5.58. The van der Waals surface area contributed by atoms with Crippen molar-refractivity contribution in [3.05, 3.63) is 11.4 Å². The summed E-state index contributed by atoms with van der Waals surface area (Å²) in [6.07, 6.45) is 1.29. The van der Waals surface area contributed by atoms with Gasteiger partial charge in [0.2, 0.25) is 0 Å². The Morgan fingerprint density at radius 3 is 2.82 bits per heavy atom. The lowest BCUT2D eigenvalue weighted by Gasteiger charge is -2.21. The molecule has 2 heterocycles. The molecule has 1 aromatic heterocycles. The van der Waals surface area contributed by atoms with Gasteiger partial charge in [-0.3, -0.25) is 0 Å².